The molecule has 0 radical (unpaired) electrons. The molecule has 5 nitrogen and oxygen atoms in total. The van der Waals surface area contributed by atoms with Crippen LogP contribution in [0, 0.1) is 0 Å². The van der Waals surface area contributed by atoms with Crippen LogP contribution in [-0.4, -0.2) is 34.9 Å². The zero-order valence-electron chi connectivity index (χ0n) is 8.85. The lowest BCUT2D eigenvalue weighted by Crippen LogP contribution is -2.18. The van der Waals surface area contributed by atoms with E-state index in [-0.39, 0.29) is 6.61 Å². The Labute approximate surface area is 89.1 Å². The Morgan fingerprint density at radius 2 is 2.07 bits per heavy atom. The summed E-state index contributed by atoms with van der Waals surface area (Å²) < 4.78 is 5.14. The lowest BCUT2D eigenvalue weighted by atomic mass is 10.2. The van der Waals surface area contributed by atoms with E-state index in [1.807, 2.05) is 0 Å². The van der Waals surface area contributed by atoms with Gasteiger partial charge >= 0.3 is 0 Å². The van der Waals surface area contributed by atoms with E-state index in [1.165, 1.54) is 12.8 Å². The molecule has 0 unspecified atom stereocenters. The number of aliphatic hydroxyl groups excluding tert-OH is 1. The van der Waals surface area contributed by atoms with Crippen LogP contribution < -0.4 is 4.90 Å². The van der Waals surface area contributed by atoms with Crippen molar-refractivity contribution in [2.75, 3.05) is 24.6 Å². The molecule has 84 valence electrons. The third-order valence-electron chi connectivity index (χ3n) is 2.65. The third kappa shape index (κ3) is 2.68. The molecule has 0 aliphatic carbocycles. The van der Waals surface area contributed by atoms with Crippen LogP contribution >= 0.6 is 0 Å². The first kappa shape index (κ1) is 10.4. The number of anilines is 1. The number of aryl methyl sites for hydroxylation is 1. The molecule has 1 aromatic heterocycles. The molecule has 0 atom stereocenters. The van der Waals surface area contributed by atoms with Gasteiger partial charge in [-0.3, -0.25) is 0 Å². The minimum absolute atomic E-state index is 0.229. The summed E-state index contributed by atoms with van der Waals surface area (Å²) in [5.74, 6) is 1.41. The molecule has 1 aromatic rings. The van der Waals surface area contributed by atoms with E-state index in [2.05, 4.69) is 15.0 Å². The monoisotopic (exact) mass is 211 g/mol. The molecule has 0 amide bonds. The van der Waals surface area contributed by atoms with Crippen LogP contribution in [0.2, 0.25) is 0 Å². The largest absolute Gasteiger partial charge is 0.396 e. The lowest BCUT2D eigenvalue weighted by molar-refractivity contribution is 0.281. The van der Waals surface area contributed by atoms with Gasteiger partial charge in [-0.1, -0.05) is 0 Å². The normalized spacial score (nSPS) is 16.2. The first-order chi connectivity index (χ1) is 7.40. The standard InChI is InChI=1S/C10H17N3O2/c14-8-4-1-5-9-11-10(12-15-9)13-6-2-3-7-13/h14H,1-8H2. The molecule has 2 rings (SSSR count). The molecule has 0 aromatic carbocycles. The van der Waals surface area contributed by atoms with Crippen molar-refractivity contribution in [1.82, 2.24) is 10.1 Å². The maximum atomic E-state index is 8.65. The fourth-order valence-electron chi connectivity index (χ4n) is 1.78. The molecule has 1 fully saturated rings. The highest BCUT2D eigenvalue weighted by molar-refractivity contribution is 5.28. The zero-order valence-corrected chi connectivity index (χ0v) is 8.85. The van der Waals surface area contributed by atoms with Crippen molar-refractivity contribution in [1.29, 1.82) is 0 Å². The summed E-state index contributed by atoms with van der Waals surface area (Å²) in [6.45, 7) is 2.30. The van der Waals surface area contributed by atoms with Gasteiger partial charge in [0.25, 0.3) is 5.95 Å². The Bertz CT molecular complexity index is 295. The van der Waals surface area contributed by atoms with Crippen LogP contribution in [0.4, 0.5) is 5.95 Å². The third-order valence-corrected chi connectivity index (χ3v) is 2.65. The molecular weight excluding hydrogens is 194 g/mol. The SMILES string of the molecule is OCCCCc1nc(N2CCCC2)no1. The van der Waals surface area contributed by atoms with Gasteiger partial charge in [0.2, 0.25) is 5.89 Å². The van der Waals surface area contributed by atoms with Crippen LogP contribution in [0.5, 0.6) is 0 Å². The summed E-state index contributed by atoms with van der Waals surface area (Å²) in [4.78, 5) is 6.48. The highest BCUT2D eigenvalue weighted by Gasteiger charge is 2.17. The second-order valence-corrected chi connectivity index (χ2v) is 3.86. The van der Waals surface area contributed by atoms with Crippen molar-refractivity contribution in [3.8, 4) is 0 Å². The Morgan fingerprint density at radius 3 is 2.80 bits per heavy atom. The van der Waals surface area contributed by atoms with E-state index in [1.54, 1.807) is 0 Å². The second kappa shape index (κ2) is 5.11. The molecule has 1 saturated heterocycles. The molecule has 15 heavy (non-hydrogen) atoms. The molecule has 0 saturated carbocycles. The quantitative estimate of drug-likeness (QED) is 0.736. The van der Waals surface area contributed by atoms with E-state index in [9.17, 15) is 0 Å². The average molecular weight is 211 g/mol. The van der Waals surface area contributed by atoms with Gasteiger partial charge in [-0.2, -0.15) is 4.98 Å². The van der Waals surface area contributed by atoms with Gasteiger partial charge in [0.15, 0.2) is 0 Å². The van der Waals surface area contributed by atoms with Crippen LogP contribution in [0.3, 0.4) is 0 Å². The first-order valence-corrected chi connectivity index (χ1v) is 5.58. The van der Waals surface area contributed by atoms with Crippen molar-refractivity contribution in [2.45, 2.75) is 32.1 Å². The number of hydrogen-bond acceptors (Lipinski definition) is 5. The van der Waals surface area contributed by atoms with Crippen LogP contribution in [-0.2, 0) is 6.42 Å². The van der Waals surface area contributed by atoms with E-state index < -0.39 is 0 Å². The van der Waals surface area contributed by atoms with E-state index in [0.29, 0.717) is 5.89 Å². The van der Waals surface area contributed by atoms with Gasteiger partial charge in [-0.05, 0) is 30.8 Å². The van der Waals surface area contributed by atoms with E-state index in [4.69, 9.17) is 9.63 Å². The molecule has 2 heterocycles. The summed E-state index contributed by atoms with van der Waals surface area (Å²) in [7, 11) is 0. The van der Waals surface area contributed by atoms with E-state index >= 15 is 0 Å². The predicted octanol–water partition coefficient (Wildman–Crippen LogP) is 0.985. The minimum Gasteiger partial charge on any atom is -0.396 e. The maximum absolute atomic E-state index is 8.65. The Hall–Kier alpha value is -1.10. The van der Waals surface area contributed by atoms with Crippen molar-refractivity contribution in [3.05, 3.63) is 5.89 Å². The van der Waals surface area contributed by atoms with Gasteiger partial charge in [-0.25, -0.2) is 0 Å². The molecular formula is C10H17N3O2. The van der Waals surface area contributed by atoms with Crippen molar-refractivity contribution < 1.29 is 9.63 Å². The second-order valence-electron chi connectivity index (χ2n) is 3.86. The molecule has 0 spiro atoms. The van der Waals surface area contributed by atoms with Crippen LogP contribution in [0.15, 0.2) is 4.52 Å². The van der Waals surface area contributed by atoms with Gasteiger partial charge in [0, 0.05) is 26.1 Å². The average Bonchev–Trinajstić information content (AvgIpc) is 2.87. The van der Waals surface area contributed by atoms with Gasteiger partial charge in [0.1, 0.15) is 0 Å². The highest BCUT2D eigenvalue weighted by Crippen LogP contribution is 2.16. The molecule has 5 heteroatoms. The summed E-state index contributed by atoms with van der Waals surface area (Å²) in [6, 6.07) is 0. The van der Waals surface area contributed by atoms with E-state index in [0.717, 1.165) is 38.3 Å². The summed E-state index contributed by atoms with van der Waals surface area (Å²) in [5, 5.41) is 12.6. The number of aromatic nitrogens is 2. The fourth-order valence-corrected chi connectivity index (χ4v) is 1.78. The topological polar surface area (TPSA) is 62.4 Å². The maximum Gasteiger partial charge on any atom is 0.266 e. The van der Waals surface area contributed by atoms with Crippen LogP contribution in [0.1, 0.15) is 31.6 Å². The Kier molecular flexibility index (Phi) is 3.55. The molecule has 1 aliphatic heterocycles. The van der Waals surface area contributed by atoms with Crippen LogP contribution in [0.25, 0.3) is 0 Å². The number of unbranched alkanes of at least 4 members (excludes halogenated alkanes) is 1. The Morgan fingerprint density at radius 1 is 1.27 bits per heavy atom. The molecule has 1 aliphatic rings. The van der Waals surface area contributed by atoms with Gasteiger partial charge < -0.3 is 14.5 Å². The zero-order chi connectivity index (χ0) is 10.5. The molecule has 1 N–H and O–H groups in total. The smallest absolute Gasteiger partial charge is 0.266 e. The highest BCUT2D eigenvalue weighted by atomic mass is 16.5. The van der Waals surface area contributed by atoms with Crippen molar-refractivity contribution >= 4 is 5.95 Å². The number of rotatable bonds is 5. The number of hydrogen-bond donors (Lipinski definition) is 1. The lowest BCUT2D eigenvalue weighted by Gasteiger charge is -2.09. The summed E-state index contributed by atoms with van der Waals surface area (Å²) >= 11 is 0. The van der Waals surface area contributed by atoms with Gasteiger partial charge in [0.05, 0.1) is 0 Å². The first-order valence-electron chi connectivity index (χ1n) is 5.58. The minimum atomic E-state index is 0.229. The summed E-state index contributed by atoms with van der Waals surface area (Å²) in [5.41, 5.74) is 0. The predicted molar refractivity (Wildman–Crippen MR) is 55.8 cm³/mol. The van der Waals surface area contributed by atoms with Gasteiger partial charge in [-0.15, -0.1) is 0 Å². The number of nitrogens with zero attached hydrogens (tertiary/aromatic N) is 3. The van der Waals surface area contributed by atoms with Crippen molar-refractivity contribution in [3.63, 3.8) is 0 Å². The summed E-state index contributed by atoms with van der Waals surface area (Å²) in [6.07, 6.45) is 4.89. The number of aliphatic hydroxyl groups is 1. The fraction of sp³-hybridized carbons (Fsp3) is 0.800. The molecule has 0 bridgehead atoms. The Balaban J connectivity index is 1.86. The van der Waals surface area contributed by atoms with Crippen molar-refractivity contribution in [2.24, 2.45) is 0 Å².